The zero-order valence-corrected chi connectivity index (χ0v) is 24.1. The Balaban J connectivity index is 0.000000271. The van der Waals surface area contributed by atoms with Gasteiger partial charge in [0.15, 0.2) is 0 Å². The summed E-state index contributed by atoms with van der Waals surface area (Å²) in [5.41, 5.74) is 3.12. The molecule has 2 aromatic rings. The second-order valence-corrected chi connectivity index (χ2v) is 12.1. The van der Waals surface area contributed by atoms with E-state index >= 15 is 0 Å². The first-order valence-corrected chi connectivity index (χ1v) is 14.8. The first-order valence-electron chi connectivity index (χ1n) is 14.0. The fourth-order valence-electron chi connectivity index (χ4n) is 5.60. The Kier molecular flexibility index (Phi) is 11.2. The van der Waals surface area contributed by atoms with Gasteiger partial charge in [-0.1, -0.05) is 6.07 Å². The van der Waals surface area contributed by atoms with Crippen LogP contribution in [0.5, 0.6) is 5.75 Å². The molecule has 0 bridgehead atoms. The van der Waals surface area contributed by atoms with Gasteiger partial charge in [0.1, 0.15) is 60.7 Å². The lowest BCUT2D eigenvalue weighted by Crippen LogP contribution is -2.57. The molecule has 0 saturated carbocycles. The first-order chi connectivity index (χ1) is 19.6. The van der Waals surface area contributed by atoms with E-state index in [1.807, 2.05) is 29.5 Å². The van der Waals surface area contributed by atoms with Crippen LogP contribution in [0.25, 0.3) is 0 Å². The van der Waals surface area contributed by atoms with Gasteiger partial charge in [-0.05, 0) is 61.9 Å². The second-order valence-electron chi connectivity index (χ2n) is 10.9. The minimum atomic E-state index is -1.41. The summed E-state index contributed by atoms with van der Waals surface area (Å²) in [4.78, 5) is 2.80. The highest BCUT2D eigenvalue weighted by atomic mass is 32.1. The fourth-order valence-corrected chi connectivity index (χ4v) is 6.90. The summed E-state index contributed by atoms with van der Waals surface area (Å²) in [6.45, 7) is 0.752. The van der Waals surface area contributed by atoms with Crippen LogP contribution in [-0.2, 0) is 28.7 Å². The molecule has 10 atom stereocenters. The van der Waals surface area contributed by atoms with E-state index in [2.05, 4.69) is 6.07 Å². The van der Waals surface area contributed by atoms with Gasteiger partial charge in [0, 0.05) is 21.7 Å². The quantitative estimate of drug-likeness (QED) is 0.216. The number of methoxy groups -OCH3 is 1. The number of rotatable bonds is 6. The predicted octanol–water partition coefficient (Wildman–Crippen LogP) is -0.410. The maximum Gasteiger partial charge on any atom is 0.124 e. The molecule has 3 aliphatic rings. The molecule has 11 nitrogen and oxygen atoms in total. The SMILES string of the molecule is COc1ccc(Cc2cc3c(s2)CCCC3)cc1[C@@H]1O[C@H](CO)[C@@H](O)[C@H](O)[C@H]1O.C[C@@H]1O[C@H](CO)[C@@H](O)[C@H](O)[C@H]1O. The molecule has 1 aromatic heterocycles. The van der Waals surface area contributed by atoms with Crippen molar-refractivity contribution in [2.24, 2.45) is 0 Å². The number of hydrogen-bond donors (Lipinski definition) is 8. The topological polar surface area (TPSA) is 190 Å². The van der Waals surface area contributed by atoms with E-state index in [4.69, 9.17) is 19.3 Å². The molecule has 8 N–H and O–H groups in total. The summed E-state index contributed by atoms with van der Waals surface area (Å²) in [5, 5.41) is 76.6. The summed E-state index contributed by atoms with van der Waals surface area (Å²) < 4.78 is 16.2. The molecule has 2 saturated heterocycles. The zero-order chi connectivity index (χ0) is 29.8. The zero-order valence-electron chi connectivity index (χ0n) is 23.2. The fraction of sp³-hybridized carbons (Fsp3) is 0.655. The van der Waals surface area contributed by atoms with E-state index in [-0.39, 0.29) is 6.61 Å². The van der Waals surface area contributed by atoms with Gasteiger partial charge in [-0.15, -0.1) is 11.3 Å². The number of ether oxygens (including phenoxy) is 3. The number of aliphatic hydroxyl groups excluding tert-OH is 8. The summed E-state index contributed by atoms with van der Waals surface area (Å²) >= 11 is 1.87. The summed E-state index contributed by atoms with van der Waals surface area (Å²) in [6, 6.07) is 8.05. The summed E-state index contributed by atoms with van der Waals surface area (Å²) in [7, 11) is 1.54. The Morgan fingerprint density at radius 3 is 2.07 bits per heavy atom. The van der Waals surface area contributed by atoms with Crippen LogP contribution in [0.4, 0.5) is 0 Å². The minimum absolute atomic E-state index is 0.366. The molecule has 1 aromatic carbocycles. The molecule has 41 heavy (non-hydrogen) atoms. The van der Waals surface area contributed by atoms with Crippen molar-refractivity contribution < 1.29 is 55.1 Å². The average Bonchev–Trinajstić information content (AvgIpc) is 3.39. The Bertz CT molecular complexity index is 1100. The van der Waals surface area contributed by atoms with Crippen LogP contribution in [0.2, 0.25) is 0 Å². The van der Waals surface area contributed by atoms with E-state index in [1.165, 1.54) is 41.7 Å². The van der Waals surface area contributed by atoms with Gasteiger partial charge < -0.3 is 55.1 Å². The van der Waals surface area contributed by atoms with Crippen molar-refractivity contribution >= 4 is 11.3 Å². The molecule has 2 aliphatic heterocycles. The molecule has 0 amide bonds. The number of fused-ring (bicyclic) bond motifs is 1. The van der Waals surface area contributed by atoms with E-state index in [0.717, 1.165) is 18.4 Å². The highest BCUT2D eigenvalue weighted by Gasteiger charge is 2.45. The van der Waals surface area contributed by atoms with Crippen molar-refractivity contribution in [2.45, 2.75) is 100 Å². The molecule has 0 radical (unpaired) electrons. The van der Waals surface area contributed by atoms with E-state index in [9.17, 15) is 35.7 Å². The summed E-state index contributed by atoms with van der Waals surface area (Å²) in [6.07, 6.45) is -5.30. The number of aryl methyl sites for hydroxylation is 2. The second kappa shape index (κ2) is 14.2. The molecule has 3 heterocycles. The first kappa shape index (κ1) is 32.2. The van der Waals surface area contributed by atoms with Crippen molar-refractivity contribution in [1.29, 1.82) is 0 Å². The van der Waals surface area contributed by atoms with E-state index in [1.54, 1.807) is 6.92 Å². The third kappa shape index (κ3) is 7.11. The average molecular weight is 599 g/mol. The van der Waals surface area contributed by atoms with Crippen molar-refractivity contribution in [1.82, 2.24) is 0 Å². The Morgan fingerprint density at radius 1 is 0.805 bits per heavy atom. The van der Waals surface area contributed by atoms with Crippen molar-refractivity contribution in [3.05, 3.63) is 50.7 Å². The lowest BCUT2D eigenvalue weighted by Gasteiger charge is -2.40. The predicted molar refractivity (Wildman–Crippen MR) is 149 cm³/mol. The van der Waals surface area contributed by atoms with Crippen molar-refractivity contribution in [3.63, 3.8) is 0 Å². The van der Waals surface area contributed by atoms with Crippen LogP contribution in [0.3, 0.4) is 0 Å². The molecule has 0 unspecified atom stereocenters. The normalized spacial score (nSPS) is 35.3. The Hall–Kier alpha value is -1.68. The van der Waals surface area contributed by atoms with Gasteiger partial charge in [0.2, 0.25) is 0 Å². The monoisotopic (exact) mass is 598 g/mol. The lowest BCUT2D eigenvalue weighted by atomic mass is 9.90. The van der Waals surface area contributed by atoms with Gasteiger partial charge >= 0.3 is 0 Å². The third-order valence-electron chi connectivity index (χ3n) is 8.05. The smallest absolute Gasteiger partial charge is 0.124 e. The minimum Gasteiger partial charge on any atom is -0.496 e. The largest absolute Gasteiger partial charge is 0.496 e. The molecule has 12 heteroatoms. The number of hydrogen-bond acceptors (Lipinski definition) is 12. The number of thiophene rings is 1. The van der Waals surface area contributed by atoms with E-state index < -0.39 is 67.6 Å². The molecule has 230 valence electrons. The van der Waals surface area contributed by atoms with Gasteiger partial charge in [0.05, 0.1) is 26.4 Å². The van der Waals surface area contributed by atoms with Crippen LogP contribution in [0.15, 0.2) is 24.3 Å². The summed E-state index contributed by atoms with van der Waals surface area (Å²) in [5.74, 6) is 0.531. The molecular weight excluding hydrogens is 556 g/mol. The van der Waals surface area contributed by atoms with Crippen LogP contribution in [0, 0.1) is 0 Å². The lowest BCUT2D eigenvalue weighted by molar-refractivity contribution is -0.232. The van der Waals surface area contributed by atoms with E-state index in [0.29, 0.717) is 11.3 Å². The number of aliphatic hydroxyl groups is 8. The highest BCUT2D eigenvalue weighted by Crippen LogP contribution is 2.38. The molecular formula is C29H42O11S. The van der Waals surface area contributed by atoms with Gasteiger partial charge in [-0.25, -0.2) is 0 Å². The maximum atomic E-state index is 10.5. The third-order valence-corrected chi connectivity index (χ3v) is 9.29. The van der Waals surface area contributed by atoms with Crippen LogP contribution >= 0.6 is 11.3 Å². The van der Waals surface area contributed by atoms with Gasteiger partial charge in [0.25, 0.3) is 0 Å². The van der Waals surface area contributed by atoms with Crippen LogP contribution in [-0.4, -0.2) is 116 Å². The Morgan fingerprint density at radius 2 is 1.44 bits per heavy atom. The molecule has 1 aliphatic carbocycles. The maximum absolute atomic E-state index is 10.5. The Labute approximate surface area is 243 Å². The molecule has 5 rings (SSSR count). The van der Waals surface area contributed by atoms with Crippen LogP contribution in [0.1, 0.15) is 52.3 Å². The number of benzene rings is 1. The highest BCUT2D eigenvalue weighted by molar-refractivity contribution is 7.12. The molecule has 0 spiro atoms. The molecule has 2 fully saturated rings. The van der Waals surface area contributed by atoms with Crippen LogP contribution < -0.4 is 4.74 Å². The van der Waals surface area contributed by atoms with Gasteiger partial charge in [-0.2, -0.15) is 0 Å². The standard InChI is InChI=1S/C22H28O6S.C7H14O5/c1-27-16-7-6-12(8-14-10-13-4-2-3-5-18(13)29-14)9-15(16)22-21(26)20(25)19(24)17(11-23)28-22;1-3-5(9)7(11)6(10)4(2-8)12-3/h6-7,9-10,17,19-26H,2-5,8,11H2,1H3;3-11H,2H2,1H3/t17-,19-,20+,21-,22+;3-,4+,5-,6+,7+/m10/s1. The van der Waals surface area contributed by atoms with Gasteiger partial charge in [-0.3, -0.25) is 0 Å². The van der Waals surface area contributed by atoms with Crippen molar-refractivity contribution in [2.75, 3.05) is 20.3 Å². The van der Waals surface area contributed by atoms with Crippen molar-refractivity contribution in [3.8, 4) is 5.75 Å².